The van der Waals surface area contributed by atoms with Gasteiger partial charge < -0.3 is 20.1 Å². The van der Waals surface area contributed by atoms with Crippen molar-refractivity contribution >= 4 is 0 Å². The molecule has 0 radical (unpaired) electrons. The Balaban J connectivity index is 2.47. The molecule has 0 aromatic heterocycles. The van der Waals surface area contributed by atoms with Gasteiger partial charge in [0.05, 0.1) is 12.7 Å². The molecule has 2 N–H and O–H groups in total. The Kier molecular flexibility index (Phi) is 7.59. The van der Waals surface area contributed by atoms with Crippen molar-refractivity contribution in [2.24, 2.45) is 0 Å². The quantitative estimate of drug-likeness (QED) is 0.727. The first kappa shape index (κ1) is 17.0. The van der Waals surface area contributed by atoms with Crippen LogP contribution in [0, 0.1) is 0 Å². The summed E-state index contributed by atoms with van der Waals surface area (Å²) in [4.78, 5) is 2.12. The third kappa shape index (κ3) is 5.90. The Morgan fingerprint density at radius 1 is 1.25 bits per heavy atom. The highest BCUT2D eigenvalue weighted by Gasteiger charge is 2.15. The average molecular weight is 280 g/mol. The topological polar surface area (TPSA) is 44.7 Å². The van der Waals surface area contributed by atoms with E-state index in [1.54, 1.807) is 0 Å². The fourth-order valence-electron chi connectivity index (χ4n) is 1.90. The molecule has 0 bridgehead atoms. The van der Waals surface area contributed by atoms with Crippen molar-refractivity contribution in [2.75, 3.05) is 33.8 Å². The van der Waals surface area contributed by atoms with E-state index < -0.39 is 6.10 Å². The number of nitrogens with zero attached hydrogens (tertiary/aromatic N) is 1. The van der Waals surface area contributed by atoms with Crippen LogP contribution in [0.3, 0.4) is 0 Å². The summed E-state index contributed by atoms with van der Waals surface area (Å²) in [7, 11) is 4.08. The maximum absolute atomic E-state index is 10.3. The minimum absolute atomic E-state index is 0.0253. The molecule has 0 aliphatic heterocycles. The minimum atomic E-state index is -0.502. The minimum Gasteiger partial charge on any atom is -0.494 e. The zero-order valence-electron chi connectivity index (χ0n) is 13.1. The van der Waals surface area contributed by atoms with Gasteiger partial charge >= 0.3 is 0 Å². The Morgan fingerprint density at radius 2 is 1.90 bits per heavy atom. The SMILES string of the molecule is CCCOc1ccc(C(O)C(C)NCCN(C)C)cc1. The summed E-state index contributed by atoms with van der Waals surface area (Å²) in [5.41, 5.74) is 0.915. The van der Waals surface area contributed by atoms with E-state index >= 15 is 0 Å². The third-order valence-corrected chi connectivity index (χ3v) is 3.19. The molecule has 0 fully saturated rings. The van der Waals surface area contributed by atoms with Gasteiger partial charge in [-0.15, -0.1) is 0 Å². The number of hydrogen-bond donors (Lipinski definition) is 2. The zero-order chi connectivity index (χ0) is 15.0. The molecule has 4 heteroatoms. The van der Waals surface area contributed by atoms with Crippen molar-refractivity contribution < 1.29 is 9.84 Å². The van der Waals surface area contributed by atoms with E-state index in [1.165, 1.54) is 0 Å². The number of ether oxygens (including phenoxy) is 1. The predicted octanol–water partition coefficient (Wildman–Crippen LogP) is 2.05. The van der Waals surface area contributed by atoms with Gasteiger partial charge in [-0.05, 0) is 45.1 Å². The summed E-state index contributed by atoms with van der Waals surface area (Å²) in [6, 6.07) is 7.72. The predicted molar refractivity (Wildman–Crippen MR) is 83.2 cm³/mol. The third-order valence-electron chi connectivity index (χ3n) is 3.19. The second-order valence-corrected chi connectivity index (χ2v) is 5.41. The van der Waals surface area contributed by atoms with E-state index in [9.17, 15) is 5.11 Å². The van der Waals surface area contributed by atoms with Crippen molar-refractivity contribution in [1.29, 1.82) is 0 Å². The molecule has 2 atom stereocenters. The summed E-state index contributed by atoms with van der Waals surface area (Å²) in [5.74, 6) is 0.857. The average Bonchev–Trinajstić information content (AvgIpc) is 2.44. The van der Waals surface area contributed by atoms with E-state index in [0.29, 0.717) is 0 Å². The van der Waals surface area contributed by atoms with Gasteiger partial charge in [0.1, 0.15) is 5.75 Å². The van der Waals surface area contributed by atoms with Gasteiger partial charge in [0.15, 0.2) is 0 Å². The van der Waals surface area contributed by atoms with Gasteiger partial charge in [-0.3, -0.25) is 0 Å². The van der Waals surface area contributed by atoms with Crippen molar-refractivity contribution in [3.8, 4) is 5.75 Å². The number of likely N-dealkylation sites (N-methyl/N-ethyl adjacent to an activating group) is 1. The van der Waals surface area contributed by atoms with Crippen LogP contribution in [0.2, 0.25) is 0 Å². The number of aliphatic hydroxyl groups is 1. The molecule has 0 spiro atoms. The zero-order valence-corrected chi connectivity index (χ0v) is 13.1. The van der Waals surface area contributed by atoms with Crippen LogP contribution in [0.25, 0.3) is 0 Å². The molecule has 114 valence electrons. The van der Waals surface area contributed by atoms with Crippen LogP contribution in [0.15, 0.2) is 24.3 Å². The van der Waals surface area contributed by atoms with Crippen molar-refractivity contribution in [3.05, 3.63) is 29.8 Å². The lowest BCUT2D eigenvalue weighted by Gasteiger charge is -2.22. The number of benzene rings is 1. The Morgan fingerprint density at radius 3 is 2.45 bits per heavy atom. The first-order chi connectivity index (χ1) is 9.54. The fourth-order valence-corrected chi connectivity index (χ4v) is 1.90. The van der Waals surface area contributed by atoms with E-state index in [1.807, 2.05) is 45.3 Å². The highest BCUT2D eigenvalue weighted by Crippen LogP contribution is 2.20. The molecular weight excluding hydrogens is 252 g/mol. The molecular formula is C16H28N2O2. The fraction of sp³-hybridized carbons (Fsp3) is 0.625. The smallest absolute Gasteiger partial charge is 0.119 e. The molecule has 1 aromatic rings. The van der Waals surface area contributed by atoms with Crippen LogP contribution >= 0.6 is 0 Å². The van der Waals surface area contributed by atoms with Crippen LogP contribution < -0.4 is 10.1 Å². The van der Waals surface area contributed by atoms with E-state index in [4.69, 9.17) is 4.74 Å². The molecule has 0 heterocycles. The molecule has 0 saturated heterocycles. The largest absolute Gasteiger partial charge is 0.494 e. The first-order valence-electron chi connectivity index (χ1n) is 7.33. The number of aliphatic hydroxyl groups excluding tert-OH is 1. The maximum atomic E-state index is 10.3. The van der Waals surface area contributed by atoms with Crippen LogP contribution in [0.5, 0.6) is 5.75 Å². The first-order valence-corrected chi connectivity index (χ1v) is 7.33. The summed E-state index contributed by atoms with van der Waals surface area (Å²) in [6.45, 7) is 6.63. The van der Waals surface area contributed by atoms with Gasteiger partial charge in [-0.2, -0.15) is 0 Å². The van der Waals surface area contributed by atoms with Gasteiger partial charge in [0.2, 0.25) is 0 Å². The molecule has 4 nitrogen and oxygen atoms in total. The van der Waals surface area contributed by atoms with E-state index in [2.05, 4.69) is 17.1 Å². The molecule has 0 aliphatic carbocycles. The van der Waals surface area contributed by atoms with Gasteiger partial charge in [-0.25, -0.2) is 0 Å². The van der Waals surface area contributed by atoms with Crippen LogP contribution in [-0.2, 0) is 0 Å². The normalized spacial score (nSPS) is 14.3. The molecule has 1 aromatic carbocycles. The van der Waals surface area contributed by atoms with E-state index in [-0.39, 0.29) is 6.04 Å². The van der Waals surface area contributed by atoms with Crippen molar-refractivity contribution in [2.45, 2.75) is 32.4 Å². The number of rotatable bonds is 9. The van der Waals surface area contributed by atoms with Gasteiger partial charge in [-0.1, -0.05) is 19.1 Å². The Labute approximate surface area is 122 Å². The second-order valence-electron chi connectivity index (χ2n) is 5.41. The van der Waals surface area contributed by atoms with E-state index in [0.717, 1.165) is 37.4 Å². The highest BCUT2D eigenvalue weighted by molar-refractivity contribution is 5.29. The Hall–Kier alpha value is -1.10. The standard InChI is InChI=1S/C16H28N2O2/c1-5-12-20-15-8-6-14(7-9-15)16(19)13(2)17-10-11-18(3)4/h6-9,13,16-17,19H,5,10-12H2,1-4H3. The monoisotopic (exact) mass is 280 g/mol. The van der Waals surface area contributed by atoms with Crippen LogP contribution in [0.4, 0.5) is 0 Å². The van der Waals surface area contributed by atoms with Crippen molar-refractivity contribution in [3.63, 3.8) is 0 Å². The van der Waals surface area contributed by atoms with Crippen LogP contribution in [0.1, 0.15) is 31.9 Å². The summed E-state index contributed by atoms with van der Waals surface area (Å²) >= 11 is 0. The molecule has 20 heavy (non-hydrogen) atoms. The number of hydrogen-bond acceptors (Lipinski definition) is 4. The van der Waals surface area contributed by atoms with Gasteiger partial charge in [0, 0.05) is 19.1 Å². The van der Waals surface area contributed by atoms with Crippen LogP contribution in [-0.4, -0.2) is 49.8 Å². The lowest BCUT2D eigenvalue weighted by molar-refractivity contribution is 0.135. The molecule has 0 amide bonds. The lowest BCUT2D eigenvalue weighted by atomic mass is 10.0. The lowest BCUT2D eigenvalue weighted by Crippen LogP contribution is -2.36. The second kappa shape index (κ2) is 8.95. The molecule has 2 unspecified atom stereocenters. The van der Waals surface area contributed by atoms with Crippen molar-refractivity contribution in [1.82, 2.24) is 10.2 Å². The summed E-state index contributed by atoms with van der Waals surface area (Å²) < 4.78 is 5.54. The molecule has 0 aliphatic rings. The summed E-state index contributed by atoms with van der Waals surface area (Å²) in [6.07, 6.45) is 0.495. The summed E-state index contributed by atoms with van der Waals surface area (Å²) in [5, 5.41) is 13.6. The molecule has 0 saturated carbocycles. The molecule has 1 rings (SSSR count). The van der Waals surface area contributed by atoms with Gasteiger partial charge in [0.25, 0.3) is 0 Å². The number of nitrogens with one attached hydrogen (secondary N) is 1. The maximum Gasteiger partial charge on any atom is 0.119 e. The Bertz CT molecular complexity index is 365. The highest BCUT2D eigenvalue weighted by atomic mass is 16.5.